The molecule has 0 radical (unpaired) electrons. The van der Waals surface area contributed by atoms with Crippen molar-refractivity contribution in [2.75, 3.05) is 37.9 Å². The first-order valence-corrected chi connectivity index (χ1v) is 10.3. The van der Waals surface area contributed by atoms with E-state index in [0.29, 0.717) is 12.1 Å². The quantitative estimate of drug-likeness (QED) is 0.426. The Balaban J connectivity index is 1.88. The molecule has 10 heteroatoms. The molecule has 1 amide bonds. The van der Waals surface area contributed by atoms with Gasteiger partial charge in [0, 0.05) is 5.75 Å². The van der Waals surface area contributed by atoms with Crippen LogP contribution in [-0.4, -0.2) is 63.5 Å². The third kappa shape index (κ3) is 5.22. The Morgan fingerprint density at radius 1 is 1.48 bits per heavy atom. The number of H-pyrrole nitrogens is 1. The predicted molar refractivity (Wildman–Crippen MR) is 92.4 cm³/mol. The highest BCUT2D eigenvalue weighted by molar-refractivity contribution is 8.32. The van der Waals surface area contributed by atoms with Gasteiger partial charge >= 0.3 is 0 Å². The summed E-state index contributed by atoms with van der Waals surface area (Å²) in [6, 6.07) is 0. The minimum absolute atomic E-state index is 0.0131. The van der Waals surface area contributed by atoms with Gasteiger partial charge in [-0.1, -0.05) is 0 Å². The Morgan fingerprint density at radius 2 is 2.22 bits per heavy atom. The standard InChI is InChI=1S/C13H20ClN5O3S/c1-23(2,3)5-4-22-8-15-10(20)7-19-11-9(6-16-19)17-13(14)18-12(11)21/h6H,4-5,7-8H2,1-3H3,(H,15,20)(H,17,18,21). The van der Waals surface area contributed by atoms with Crippen LogP contribution in [0.1, 0.15) is 0 Å². The van der Waals surface area contributed by atoms with Crippen LogP contribution < -0.4 is 10.9 Å². The summed E-state index contributed by atoms with van der Waals surface area (Å²) in [5, 5.41) is 6.61. The van der Waals surface area contributed by atoms with Gasteiger partial charge in [0.1, 0.15) is 18.8 Å². The summed E-state index contributed by atoms with van der Waals surface area (Å²) in [5.41, 5.74) is 0.118. The second-order valence-corrected chi connectivity index (χ2v) is 10.8. The Labute approximate surface area is 139 Å². The van der Waals surface area contributed by atoms with Crippen molar-refractivity contribution in [3.05, 3.63) is 21.8 Å². The number of nitrogens with zero attached hydrogens (tertiary/aromatic N) is 3. The molecule has 0 fully saturated rings. The average molecular weight is 362 g/mol. The number of amides is 1. The Kier molecular flexibility index (Phi) is 5.66. The van der Waals surface area contributed by atoms with E-state index in [1.807, 2.05) is 0 Å². The Morgan fingerprint density at radius 3 is 2.91 bits per heavy atom. The number of ether oxygens (including phenoxy) is 1. The second kappa shape index (κ2) is 7.33. The molecule has 0 saturated carbocycles. The maximum absolute atomic E-state index is 11.9. The van der Waals surface area contributed by atoms with Gasteiger partial charge in [0.15, 0.2) is 5.52 Å². The molecule has 23 heavy (non-hydrogen) atoms. The molecule has 0 aliphatic heterocycles. The zero-order chi connectivity index (χ0) is 17.0. The number of aromatic nitrogens is 4. The van der Waals surface area contributed by atoms with E-state index in [4.69, 9.17) is 16.3 Å². The van der Waals surface area contributed by atoms with Gasteiger partial charge in [-0.05, 0) is 30.4 Å². The fourth-order valence-corrected chi connectivity index (χ4v) is 2.60. The summed E-state index contributed by atoms with van der Waals surface area (Å²) in [5.74, 6) is 0.682. The number of aromatic amines is 1. The largest absolute Gasteiger partial charge is 0.360 e. The topological polar surface area (TPSA) is 102 Å². The lowest BCUT2D eigenvalue weighted by atomic mass is 10.4. The van der Waals surface area contributed by atoms with Crippen LogP contribution in [0.15, 0.2) is 11.0 Å². The Bertz CT molecular complexity index is 752. The predicted octanol–water partition coefficient (Wildman–Crippen LogP) is 0.557. The van der Waals surface area contributed by atoms with E-state index in [9.17, 15) is 9.59 Å². The molecule has 0 saturated heterocycles. The summed E-state index contributed by atoms with van der Waals surface area (Å²) in [6.45, 7) is 0.643. The van der Waals surface area contributed by atoms with Crippen LogP contribution in [0.2, 0.25) is 5.28 Å². The van der Waals surface area contributed by atoms with Crippen LogP contribution in [0, 0.1) is 0 Å². The van der Waals surface area contributed by atoms with Crippen molar-refractivity contribution < 1.29 is 9.53 Å². The number of hydrogen-bond acceptors (Lipinski definition) is 5. The van der Waals surface area contributed by atoms with Crippen LogP contribution >= 0.6 is 21.6 Å². The molecule has 0 spiro atoms. The molecule has 8 nitrogen and oxygen atoms in total. The lowest BCUT2D eigenvalue weighted by Crippen LogP contribution is -2.31. The van der Waals surface area contributed by atoms with Crippen molar-refractivity contribution in [3.8, 4) is 0 Å². The molecule has 0 atom stereocenters. The van der Waals surface area contributed by atoms with Crippen molar-refractivity contribution in [1.82, 2.24) is 25.1 Å². The molecule has 2 aromatic heterocycles. The minimum atomic E-state index is -0.606. The van der Waals surface area contributed by atoms with Gasteiger partial charge in [-0.3, -0.25) is 14.6 Å². The van der Waals surface area contributed by atoms with Gasteiger partial charge in [0.2, 0.25) is 11.2 Å². The molecular weight excluding hydrogens is 342 g/mol. The van der Waals surface area contributed by atoms with Crippen LogP contribution in [0.4, 0.5) is 0 Å². The van der Waals surface area contributed by atoms with Crippen LogP contribution in [0.5, 0.6) is 0 Å². The molecule has 0 bridgehead atoms. The number of fused-ring (bicyclic) bond motifs is 1. The van der Waals surface area contributed by atoms with Gasteiger partial charge in [-0.25, -0.2) is 19.7 Å². The van der Waals surface area contributed by atoms with Gasteiger partial charge < -0.3 is 10.1 Å². The van der Waals surface area contributed by atoms with Crippen molar-refractivity contribution in [3.63, 3.8) is 0 Å². The number of halogens is 1. The third-order valence-electron chi connectivity index (χ3n) is 2.98. The first-order chi connectivity index (χ1) is 10.8. The molecule has 2 N–H and O–H groups in total. The Hall–Kier alpha value is -1.58. The van der Waals surface area contributed by atoms with Crippen molar-refractivity contribution in [1.29, 1.82) is 0 Å². The molecule has 0 aliphatic rings. The highest BCUT2D eigenvalue weighted by atomic mass is 35.5. The molecule has 2 aromatic rings. The van der Waals surface area contributed by atoms with E-state index >= 15 is 0 Å². The fourth-order valence-electron chi connectivity index (χ4n) is 1.80. The SMILES string of the molecule is CS(C)(C)CCOCNC(=O)Cn1ncc2nc(Cl)[nH]c(=O)c21. The van der Waals surface area contributed by atoms with Crippen molar-refractivity contribution in [2.24, 2.45) is 0 Å². The van der Waals surface area contributed by atoms with E-state index < -0.39 is 15.6 Å². The second-order valence-electron chi connectivity index (χ2n) is 5.84. The van der Waals surface area contributed by atoms with Crippen LogP contribution in [0.3, 0.4) is 0 Å². The first kappa shape index (κ1) is 17.8. The average Bonchev–Trinajstić information content (AvgIpc) is 2.80. The molecule has 2 rings (SSSR count). The summed E-state index contributed by atoms with van der Waals surface area (Å²) in [4.78, 5) is 30.1. The van der Waals surface area contributed by atoms with Crippen LogP contribution in [0.25, 0.3) is 11.0 Å². The molecule has 0 unspecified atom stereocenters. The maximum atomic E-state index is 11.9. The van der Waals surface area contributed by atoms with E-state index in [2.05, 4.69) is 39.2 Å². The highest BCUT2D eigenvalue weighted by Crippen LogP contribution is 2.33. The zero-order valence-corrected chi connectivity index (χ0v) is 14.8. The van der Waals surface area contributed by atoms with E-state index in [1.165, 1.54) is 10.9 Å². The van der Waals surface area contributed by atoms with E-state index in [0.717, 1.165) is 5.75 Å². The van der Waals surface area contributed by atoms with Crippen LogP contribution in [-0.2, 0) is 16.1 Å². The number of nitrogens with one attached hydrogen (secondary N) is 2. The lowest BCUT2D eigenvalue weighted by molar-refractivity contribution is -0.123. The number of carbonyl (C=O) groups is 1. The van der Waals surface area contributed by atoms with Gasteiger partial charge in [0.05, 0.1) is 12.8 Å². The summed E-state index contributed by atoms with van der Waals surface area (Å²) >= 11 is 5.67. The van der Waals surface area contributed by atoms with Gasteiger partial charge in [-0.15, -0.1) is 0 Å². The first-order valence-electron chi connectivity index (χ1n) is 6.88. The normalized spacial score (nSPS) is 12.5. The summed E-state index contributed by atoms with van der Waals surface area (Å²) < 4.78 is 6.67. The molecule has 2 heterocycles. The van der Waals surface area contributed by atoms with Gasteiger partial charge in [0.25, 0.3) is 5.56 Å². The third-order valence-corrected chi connectivity index (χ3v) is 4.55. The maximum Gasteiger partial charge on any atom is 0.278 e. The molecular formula is C13H20ClN5O3S. The smallest absolute Gasteiger partial charge is 0.278 e. The monoisotopic (exact) mass is 361 g/mol. The molecule has 0 aliphatic carbocycles. The minimum Gasteiger partial charge on any atom is -0.360 e. The fraction of sp³-hybridized carbons (Fsp3) is 0.538. The molecule has 0 aromatic carbocycles. The summed E-state index contributed by atoms with van der Waals surface area (Å²) in [6.07, 6.45) is 8.01. The lowest BCUT2D eigenvalue weighted by Gasteiger charge is -2.24. The van der Waals surface area contributed by atoms with E-state index in [1.54, 1.807) is 0 Å². The highest BCUT2D eigenvalue weighted by Gasteiger charge is 2.12. The zero-order valence-electron chi connectivity index (χ0n) is 13.3. The molecule has 128 valence electrons. The summed E-state index contributed by atoms with van der Waals surface area (Å²) in [7, 11) is -0.606. The number of hydrogen-bond donors (Lipinski definition) is 2. The van der Waals surface area contributed by atoms with Crippen molar-refractivity contribution in [2.45, 2.75) is 6.54 Å². The number of carbonyl (C=O) groups excluding carboxylic acids is 1. The van der Waals surface area contributed by atoms with Gasteiger partial charge in [-0.2, -0.15) is 5.10 Å². The van der Waals surface area contributed by atoms with Crippen molar-refractivity contribution >= 4 is 38.6 Å². The number of rotatable bonds is 7. The van der Waals surface area contributed by atoms with E-state index in [-0.39, 0.29) is 30.0 Å².